The fourth-order valence-corrected chi connectivity index (χ4v) is 9.81. The normalized spacial score (nSPS) is 12.8. The van der Waals surface area contributed by atoms with Gasteiger partial charge in [-0.1, -0.05) is 316 Å². The number of rotatable bonds is 63. The highest BCUT2D eigenvalue weighted by Gasteiger charge is 2.19. The Hall–Kier alpha value is -3.93. The van der Waals surface area contributed by atoms with Crippen molar-refractivity contribution in [3.63, 3.8) is 0 Å². The number of carbonyl (C=O) groups excluding carboxylic acids is 3. The third kappa shape index (κ3) is 66.9. The summed E-state index contributed by atoms with van der Waals surface area (Å²) in [6, 6.07) is 0. The van der Waals surface area contributed by atoms with Crippen molar-refractivity contribution in [2.75, 3.05) is 13.2 Å². The third-order valence-electron chi connectivity index (χ3n) is 15.0. The van der Waals surface area contributed by atoms with Gasteiger partial charge in [0.1, 0.15) is 13.2 Å². The lowest BCUT2D eigenvalue weighted by Gasteiger charge is -2.18. The summed E-state index contributed by atoms with van der Waals surface area (Å²) >= 11 is 0. The molecule has 0 fully saturated rings. The minimum absolute atomic E-state index is 0.0897. The maximum absolute atomic E-state index is 13.0. The van der Waals surface area contributed by atoms with E-state index < -0.39 is 6.10 Å². The molecule has 0 spiro atoms. The molecule has 470 valence electrons. The van der Waals surface area contributed by atoms with E-state index in [9.17, 15) is 14.4 Å². The number of hydrogen-bond donors (Lipinski definition) is 0. The highest BCUT2D eigenvalue weighted by atomic mass is 16.6. The maximum Gasteiger partial charge on any atom is 0.306 e. The molecule has 0 N–H and O–H groups in total. The first-order chi connectivity index (χ1) is 40.5. The van der Waals surface area contributed by atoms with Crippen LogP contribution in [-0.4, -0.2) is 37.2 Å². The lowest BCUT2D eigenvalue weighted by Crippen LogP contribution is -2.30. The molecule has 82 heavy (non-hydrogen) atoms. The van der Waals surface area contributed by atoms with Gasteiger partial charge in [-0.15, -0.1) is 0 Å². The average molecular weight is 1140 g/mol. The minimum atomic E-state index is -0.798. The van der Waals surface area contributed by atoms with Crippen LogP contribution in [0.2, 0.25) is 0 Å². The fourth-order valence-electron chi connectivity index (χ4n) is 9.81. The molecule has 0 saturated heterocycles. The van der Waals surface area contributed by atoms with Crippen LogP contribution in [0.25, 0.3) is 0 Å². The van der Waals surface area contributed by atoms with Gasteiger partial charge in [-0.05, 0) is 109 Å². The summed E-state index contributed by atoms with van der Waals surface area (Å²) in [7, 11) is 0. The van der Waals surface area contributed by atoms with Gasteiger partial charge in [0.25, 0.3) is 0 Å². The molecule has 0 radical (unpaired) electrons. The lowest BCUT2D eigenvalue weighted by molar-refractivity contribution is -0.167. The molecule has 0 aliphatic heterocycles. The summed E-state index contributed by atoms with van der Waals surface area (Å²) in [5.41, 5.74) is 0. The Kier molecular flexibility index (Phi) is 66.2. The number of esters is 3. The van der Waals surface area contributed by atoms with Crippen LogP contribution in [0.15, 0.2) is 109 Å². The van der Waals surface area contributed by atoms with Crippen molar-refractivity contribution in [1.29, 1.82) is 0 Å². The van der Waals surface area contributed by atoms with Crippen LogP contribution in [0.3, 0.4) is 0 Å². The first-order valence-electron chi connectivity index (χ1n) is 34.9. The van der Waals surface area contributed by atoms with Crippen LogP contribution in [0.1, 0.15) is 335 Å². The zero-order valence-corrected chi connectivity index (χ0v) is 54.0. The van der Waals surface area contributed by atoms with E-state index in [4.69, 9.17) is 14.2 Å². The SMILES string of the molecule is CC/C=C\C/C=C\C/C=C\C/C=C\C/C=C\C/C=C\C/C=C\C/C=C\CCCCC(=O)OCC(COC(=O)CCCCCCCCCCCCCCCC)OC(=O)CCCCCCCCCCCCC/C=C\CCCCCCCCCC. The Balaban J connectivity index is 4.41. The van der Waals surface area contributed by atoms with Crippen LogP contribution in [0.5, 0.6) is 0 Å². The Morgan fingerprint density at radius 1 is 0.256 bits per heavy atom. The number of unbranched alkanes of at least 4 members (excludes halogenated alkanes) is 34. The molecule has 0 aliphatic rings. The second kappa shape index (κ2) is 69.6. The Bertz CT molecular complexity index is 1640. The van der Waals surface area contributed by atoms with Crippen LogP contribution >= 0.6 is 0 Å². The molecule has 0 amide bonds. The Labute approximate surface area is 508 Å². The predicted octanol–water partition coefficient (Wildman–Crippen LogP) is 24.2. The average Bonchev–Trinajstić information content (AvgIpc) is 3.48. The smallest absolute Gasteiger partial charge is 0.306 e. The molecule has 1 unspecified atom stereocenters. The molecule has 0 heterocycles. The first kappa shape index (κ1) is 78.1. The quantitative estimate of drug-likeness (QED) is 0.0261. The van der Waals surface area contributed by atoms with E-state index in [0.29, 0.717) is 19.3 Å². The van der Waals surface area contributed by atoms with Gasteiger partial charge in [-0.2, -0.15) is 0 Å². The molecular weight excluding hydrogens is 1010 g/mol. The molecule has 0 aromatic rings. The molecule has 0 aromatic carbocycles. The van der Waals surface area contributed by atoms with E-state index in [1.54, 1.807) is 0 Å². The molecule has 6 heteroatoms. The summed E-state index contributed by atoms with van der Waals surface area (Å²) in [6.07, 6.45) is 95.4. The van der Waals surface area contributed by atoms with Gasteiger partial charge in [0, 0.05) is 19.3 Å². The van der Waals surface area contributed by atoms with Gasteiger partial charge in [-0.25, -0.2) is 0 Å². The van der Waals surface area contributed by atoms with Crippen LogP contribution in [0.4, 0.5) is 0 Å². The van der Waals surface area contributed by atoms with Gasteiger partial charge in [0.15, 0.2) is 6.10 Å². The zero-order valence-electron chi connectivity index (χ0n) is 54.0. The van der Waals surface area contributed by atoms with Gasteiger partial charge in [0.05, 0.1) is 0 Å². The van der Waals surface area contributed by atoms with E-state index in [0.717, 1.165) is 109 Å². The summed E-state index contributed by atoms with van der Waals surface area (Å²) < 4.78 is 16.9. The third-order valence-corrected chi connectivity index (χ3v) is 15.0. The summed E-state index contributed by atoms with van der Waals surface area (Å²) in [5, 5.41) is 0. The Morgan fingerprint density at radius 3 is 0.780 bits per heavy atom. The van der Waals surface area contributed by atoms with Crippen molar-refractivity contribution < 1.29 is 28.6 Å². The van der Waals surface area contributed by atoms with Gasteiger partial charge < -0.3 is 14.2 Å². The van der Waals surface area contributed by atoms with Crippen molar-refractivity contribution in [1.82, 2.24) is 0 Å². The van der Waals surface area contributed by atoms with Crippen LogP contribution in [-0.2, 0) is 28.6 Å². The van der Waals surface area contributed by atoms with Crippen molar-refractivity contribution in [3.8, 4) is 0 Å². The number of allylic oxidation sites excluding steroid dienone is 18. The highest BCUT2D eigenvalue weighted by molar-refractivity contribution is 5.71. The van der Waals surface area contributed by atoms with E-state index in [-0.39, 0.29) is 31.1 Å². The van der Waals surface area contributed by atoms with Gasteiger partial charge >= 0.3 is 17.9 Å². The number of hydrogen-bond acceptors (Lipinski definition) is 6. The predicted molar refractivity (Wildman–Crippen MR) is 357 cm³/mol. The summed E-state index contributed by atoms with van der Waals surface area (Å²) in [4.78, 5) is 38.4. The Morgan fingerprint density at radius 2 is 0.476 bits per heavy atom. The van der Waals surface area contributed by atoms with Crippen molar-refractivity contribution in [3.05, 3.63) is 109 Å². The number of carbonyl (C=O) groups is 3. The molecule has 0 aliphatic carbocycles. The molecule has 0 bridgehead atoms. The van der Waals surface area contributed by atoms with E-state index in [1.807, 2.05) is 0 Å². The molecular formula is C76H130O6. The topological polar surface area (TPSA) is 78.9 Å². The van der Waals surface area contributed by atoms with E-state index in [1.165, 1.54) is 186 Å². The highest BCUT2D eigenvalue weighted by Crippen LogP contribution is 2.17. The molecule has 1 atom stereocenters. The van der Waals surface area contributed by atoms with Crippen LogP contribution in [0, 0.1) is 0 Å². The standard InChI is InChI=1S/C76H130O6/c1-4-7-10-13-16-19-22-25-28-30-32-34-36-37-38-39-41-42-44-46-48-51-54-57-60-63-66-69-75(78)81-72-73(71-80-74(77)68-65-62-59-56-53-50-27-24-21-18-15-12-9-6-3)82-76(79)70-67-64-61-58-55-52-49-47-45-43-40-35-33-31-29-26-23-20-17-14-11-8-5-2/h7,10,16,19,25,28,31-34,37-38,41-42,46,48,54,57,73H,4-6,8-9,11-15,17-18,20-24,26-27,29-30,35-36,39-40,43-45,47,49-53,55-56,58-72H2,1-3H3/b10-7-,19-16-,28-25-,33-31-,34-32-,38-37-,42-41-,48-46-,57-54-. The molecule has 0 rings (SSSR count). The van der Waals surface area contributed by atoms with Crippen molar-refractivity contribution >= 4 is 17.9 Å². The monoisotopic (exact) mass is 1140 g/mol. The summed E-state index contributed by atoms with van der Waals surface area (Å²) in [6.45, 7) is 6.53. The largest absolute Gasteiger partial charge is 0.462 e. The van der Waals surface area contributed by atoms with Gasteiger partial charge in [-0.3, -0.25) is 14.4 Å². The molecule has 0 saturated carbocycles. The minimum Gasteiger partial charge on any atom is -0.462 e. The molecule has 6 nitrogen and oxygen atoms in total. The van der Waals surface area contributed by atoms with Crippen molar-refractivity contribution in [2.45, 2.75) is 341 Å². The zero-order chi connectivity index (χ0) is 59.2. The van der Waals surface area contributed by atoms with Gasteiger partial charge in [0.2, 0.25) is 0 Å². The number of ether oxygens (including phenoxy) is 3. The van der Waals surface area contributed by atoms with Crippen LogP contribution < -0.4 is 0 Å². The molecule has 0 aromatic heterocycles. The second-order valence-corrected chi connectivity index (χ2v) is 23.1. The first-order valence-corrected chi connectivity index (χ1v) is 34.9. The van der Waals surface area contributed by atoms with E-state index >= 15 is 0 Å². The lowest BCUT2D eigenvalue weighted by atomic mass is 10.0. The summed E-state index contributed by atoms with van der Waals surface area (Å²) in [5.74, 6) is -0.922. The maximum atomic E-state index is 13.0. The van der Waals surface area contributed by atoms with Crippen molar-refractivity contribution in [2.24, 2.45) is 0 Å². The van der Waals surface area contributed by atoms with E-state index in [2.05, 4.69) is 130 Å². The fraction of sp³-hybridized carbons (Fsp3) is 0.724. The second-order valence-electron chi connectivity index (χ2n) is 23.1.